The van der Waals surface area contributed by atoms with E-state index >= 15 is 0 Å². The molecule has 1 aromatic heterocycles. The van der Waals surface area contributed by atoms with E-state index in [9.17, 15) is 5.26 Å². The first-order valence-electron chi connectivity index (χ1n) is 8.41. The fourth-order valence-corrected chi connectivity index (χ4v) is 2.73. The maximum absolute atomic E-state index is 9.36. The molecular weight excluding hydrogens is 350 g/mol. The quantitative estimate of drug-likeness (QED) is 0.708. The fourth-order valence-electron chi connectivity index (χ4n) is 2.73. The van der Waals surface area contributed by atoms with Gasteiger partial charge in [0.1, 0.15) is 11.8 Å². The van der Waals surface area contributed by atoms with Crippen molar-refractivity contribution in [3.05, 3.63) is 76.3 Å². The van der Waals surface area contributed by atoms with Crippen LogP contribution in [0.15, 0.2) is 48.5 Å². The Morgan fingerprint density at radius 3 is 2.04 bits per heavy atom. The molecule has 1 heterocycles. The maximum atomic E-state index is 9.36. The second-order valence-corrected chi connectivity index (χ2v) is 6.12. The molecular formula is C22H15N5O. The van der Waals surface area contributed by atoms with Crippen molar-refractivity contribution in [2.45, 2.75) is 13.8 Å². The molecule has 0 saturated carbocycles. The van der Waals surface area contributed by atoms with Gasteiger partial charge in [0.05, 0.1) is 28.8 Å². The van der Waals surface area contributed by atoms with Gasteiger partial charge in [-0.1, -0.05) is 0 Å². The number of aromatic nitrogens is 1. The number of nitriles is 3. The summed E-state index contributed by atoms with van der Waals surface area (Å²) in [6.07, 6.45) is 0. The number of hydrogen-bond donors (Lipinski definition) is 1. The van der Waals surface area contributed by atoms with Crippen molar-refractivity contribution in [1.29, 1.82) is 15.8 Å². The lowest BCUT2D eigenvalue weighted by molar-refractivity contribution is 0.456. The van der Waals surface area contributed by atoms with Crippen molar-refractivity contribution in [3.63, 3.8) is 0 Å². The third-order valence-electron chi connectivity index (χ3n) is 4.06. The first-order valence-corrected chi connectivity index (χ1v) is 8.41. The van der Waals surface area contributed by atoms with Crippen LogP contribution in [-0.4, -0.2) is 4.98 Å². The zero-order chi connectivity index (χ0) is 20.1. The summed E-state index contributed by atoms with van der Waals surface area (Å²) in [5.41, 5.74) is 3.82. The minimum atomic E-state index is 0.325. The highest BCUT2D eigenvalue weighted by molar-refractivity contribution is 5.64. The topological polar surface area (TPSA) is 106 Å². The fraction of sp³-hybridized carbons (Fsp3) is 0.0909. The Morgan fingerprint density at radius 2 is 1.46 bits per heavy atom. The van der Waals surface area contributed by atoms with Crippen molar-refractivity contribution >= 4 is 11.5 Å². The summed E-state index contributed by atoms with van der Waals surface area (Å²) in [4.78, 5) is 4.42. The Hall–Kier alpha value is -4.34. The molecule has 28 heavy (non-hydrogen) atoms. The molecule has 0 amide bonds. The van der Waals surface area contributed by atoms with Gasteiger partial charge in [-0.3, -0.25) is 0 Å². The highest BCUT2D eigenvalue weighted by Gasteiger charge is 2.12. The second-order valence-electron chi connectivity index (χ2n) is 6.12. The Kier molecular flexibility index (Phi) is 5.21. The third-order valence-corrected chi connectivity index (χ3v) is 4.06. The summed E-state index contributed by atoms with van der Waals surface area (Å²) in [5.74, 6) is 1.31. The highest BCUT2D eigenvalue weighted by atomic mass is 16.5. The minimum Gasteiger partial charge on any atom is -0.438 e. The Balaban J connectivity index is 1.92. The molecule has 6 heteroatoms. The van der Waals surface area contributed by atoms with E-state index in [4.69, 9.17) is 15.3 Å². The van der Waals surface area contributed by atoms with Gasteiger partial charge in [-0.05, 0) is 67.4 Å². The van der Waals surface area contributed by atoms with Crippen molar-refractivity contribution in [2.75, 3.05) is 5.32 Å². The zero-order valence-electron chi connectivity index (χ0n) is 15.3. The lowest BCUT2D eigenvalue weighted by Crippen LogP contribution is -2.00. The molecule has 1 N–H and O–H groups in total. The van der Waals surface area contributed by atoms with Crippen molar-refractivity contribution in [1.82, 2.24) is 4.98 Å². The number of ether oxygens (including phenoxy) is 1. The van der Waals surface area contributed by atoms with Crippen molar-refractivity contribution in [2.24, 2.45) is 0 Å². The van der Waals surface area contributed by atoms with Crippen LogP contribution in [0.1, 0.15) is 27.8 Å². The normalized spacial score (nSPS) is 9.68. The van der Waals surface area contributed by atoms with Gasteiger partial charge in [-0.25, -0.2) is 0 Å². The Bertz CT molecular complexity index is 1140. The average Bonchev–Trinajstić information content (AvgIpc) is 2.71. The van der Waals surface area contributed by atoms with Gasteiger partial charge < -0.3 is 10.1 Å². The number of rotatable bonds is 4. The minimum absolute atomic E-state index is 0.325. The number of nitrogens with one attached hydrogen (secondary N) is 1. The monoisotopic (exact) mass is 365 g/mol. The number of pyridine rings is 1. The van der Waals surface area contributed by atoms with Crippen LogP contribution in [0.2, 0.25) is 0 Å². The SMILES string of the molecule is Cc1cc(C#N)cc(C)c1Oc1ccc(C#N)c(Nc2ccc(C#N)cc2)n1. The number of benzene rings is 2. The average molecular weight is 365 g/mol. The molecule has 3 aromatic rings. The molecule has 2 aromatic carbocycles. The molecule has 0 atom stereocenters. The molecule has 0 saturated heterocycles. The number of nitrogens with zero attached hydrogens (tertiary/aromatic N) is 4. The summed E-state index contributed by atoms with van der Waals surface area (Å²) in [7, 11) is 0. The van der Waals surface area contributed by atoms with Gasteiger partial charge in [0.25, 0.3) is 0 Å². The largest absolute Gasteiger partial charge is 0.438 e. The summed E-state index contributed by atoms with van der Waals surface area (Å²) in [6, 6.07) is 19.9. The Labute approximate surface area is 162 Å². The summed E-state index contributed by atoms with van der Waals surface area (Å²) in [5, 5.41) is 30.4. The number of aryl methyl sites for hydroxylation is 2. The first-order chi connectivity index (χ1) is 13.5. The van der Waals surface area contributed by atoms with E-state index in [2.05, 4.69) is 28.5 Å². The van der Waals surface area contributed by atoms with Crippen LogP contribution in [0.4, 0.5) is 11.5 Å². The van der Waals surface area contributed by atoms with Crippen LogP contribution in [0, 0.1) is 47.8 Å². The predicted molar refractivity (Wildman–Crippen MR) is 104 cm³/mol. The van der Waals surface area contributed by atoms with Gasteiger partial charge in [0.2, 0.25) is 5.88 Å². The van der Waals surface area contributed by atoms with Gasteiger partial charge in [-0.2, -0.15) is 20.8 Å². The maximum Gasteiger partial charge on any atom is 0.221 e. The molecule has 6 nitrogen and oxygen atoms in total. The first kappa shape index (κ1) is 18.5. The van der Waals surface area contributed by atoms with E-state index in [-0.39, 0.29) is 0 Å². The van der Waals surface area contributed by atoms with Gasteiger partial charge in [-0.15, -0.1) is 0 Å². The molecule has 3 rings (SSSR count). The third kappa shape index (κ3) is 3.90. The van der Waals surface area contributed by atoms with Crippen LogP contribution in [0.3, 0.4) is 0 Å². The van der Waals surface area contributed by atoms with Gasteiger partial charge >= 0.3 is 0 Å². The van der Waals surface area contributed by atoms with Gasteiger partial charge in [0.15, 0.2) is 5.82 Å². The number of hydrogen-bond acceptors (Lipinski definition) is 6. The summed E-state index contributed by atoms with van der Waals surface area (Å²) in [6.45, 7) is 3.73. The molecule has 0 aliphatic rings. The van der Waals surface area contributed by atoms with E-state index in [1.807, 2.05) is 13.8 Å². The lowest BCUT2D eigenvalue weighted by Gasteiger charge is -2.13. The van der Waals surface area contributed by atoms with Crippen LogP contribution >= 0.6 is 0 Å². The van der Waals surface area contributed by atoms with E-state index in [0.717, 1.165) is 11.1 Å². The van der Waals surface area contributed by atoms with Crippen molar-refractivity contribution < 1.29 is 4.74 Å². The van der Waals surface area contributed by atoms with Crippen LogP contribution < -0.4 is 10.1 Å². The van der Waals surface area contributed by atoms with Crippen LogP contribution in [-0.2, 0) is 0 Å². The Morgan fingerprint density at radius 1 is 0.821 bits per heavy atom. The molecule has 0 aliphatic heterocycles. The van der Waals surface area contributed by atoms with Gasteiger partial charge in [0, 0.05) is 11.8 Å². The predicted octanol–water partition coefficient (Wildman–Crippen LogP) is 4.85. The lowest BCUT2D eigenvalue weighted by atomic mass is 10.1. The van der Waals surface area contributed by atoms with E-state index < -0.39 is 0 Å². The zero-order valence-corrected chi connectivity index (χ0v) is 15.3. The number of anilines is 2. The smallest absolute Gasteiger partial charge is 0.221 e. The molecule has 0 unspecified atom stereocenters. The molecule has 134 valence electrons. The van der Waals surface area contributed by atoms with Crippen LogP contribution in [0.5, 0.6) is 11.6 Å². The van der Waals surface area contributed by atoms with Crippen LogP contribution in [0.25, 0.3) is 0 Å². The molecule has 0 spiro atoms. The standard InChI is InChI=1S/C22H15N5O/c1-14-9-17(12-24)10-15(2)21(14)28-20-8-5-18(13-25)22(27-20)26-19-6-3-16(11-23)4-7-19/h3-10H,1-2H3,(H,26,27). The molecule has 0 bridgehead atoms. The highest BCUT2D eigenvalue weighted by Crippen LogP contribution is 2.30. The van der Waals surface area contributed by atoms with E-state index in [0.29, 0.717) is 39.8 Å². The summed E-state index contributed by atoms with van der Waals surface area (Å²) < 4.78 is 5.94. The second kappa shape index (κ2) is 7.91. The van der Waals surface area contributed by atoms with E-state index in [1.54, 1.807) is 48.5 Å². The summed E-state index contributed by atoms with van der Waals surface area (Å²) >= 11 is 0. The van der Waals surface area contributed by atoms with Crippen molar-refractivity contribution in [3.8, 4) is 29.8 Å². The molecule has 0 fully saturated rings. The molecule has 0 aliphatic carbocycles. The molecule has 0 radical (unpaired) electrons. The van der Waals surface area contributed by atoms with E-state index in [1.165, 1.54) is 0 Å².